The van der Waals surface area contributed by atoms with Crippen LogP contribution in [0.15, 0.2) is 6.20 Å². The molecule has 0 aromatic carbocycles. The Bertz CT molecular complexity index is 423. The van der Waals surface area contributed by atoms with Crippen molar-refractivity contribution in [2.45, 2.75) is 13.5 Å². The van der Waals surface area contributed by atoms with Gasteiger partial charge in [0.15, 0.2) is 5.69 Å². The van der Waals surface area contributed by atoms with Crippen LogP contribution in [0.25, 0.3) is 0 Å². The average Bonchev–Trinajstić information content (AvgIpc) is 2.75. The van der Waals surface area contributed by atoms with Crippen LogP contribution in [-0.4, -0.2) is 51.1 Å². The van der Waals surface area contributed by atoms with Gasteiger partial charge < -0.3 is 10.0 Å². The maximum Gasteiger partial charge on any atom is 0.358 e. The summed E-state index contributed by atoms with van der Waals surface area (Å²) < 4.78 is 1.48. The molecular weight excluding hydrogens is 222 g/mol. The lowest BCUT2D eigenvalue weighted by atomic mass is 10.2. The Kier molecular flexibility index (Phi) is 4.60. The number of hydrogen-bond acceptors (Lipinski definition) is 5. The maximum atomic E-state index is 10.6. The predicted octanol–water partition coefficient (Wildman–Crippen LogP) is 0.0678. The van der Waals surface area contributed by atoms with Crippen molar-refractivity contribution in [1.29, 1.82) is 5.26 Å². The van der Waals surface area contributed by atoms with Gasteiger partial charge in [-0.1, -0.05) is 5.21 Å². The van der Waals surface area contributed by atoms with E-state index in [-0.39, 0.29) is 11.6 Å². The highest BCUT2D eigenvalue weighted by molar-refractivity contribution is 5.84. The molecule has 7 heteroatoms. The molecule has 0 spiro atoms. The highest BCUT2D eigenvalue weighted by atomic mass is 16.4. The molecule has 1 aromatic rings. The van der Waals surface area contributed by atoms with E-state index >= 15 is 0 Å². The third kappa shape index (κ3) is 4.20. The van der Waals surface area contributed by atoms with Crippen LogP contribution < -0.4 is 0 Å². The number of carboxylic acids is 1. The van der Waals surface area contributed by atoms with E-state index in [0.717, 1.165) is 0 Å². The molecule has 0 aliphatic carbocycles. The van der Waals surface area contributed by atoms with Crippen molar-refractivity contribution < 1.29 is 9.90 Å². The molecule has 0 radical (unpaired) electrons. The number of aromatic carboxylic acids is 1. The zero-order chi connectivity index (χ0) is 12.8. The summed E-state index contributed by atoms with van der Waals surface area (Å²) in [6.45, 7) is 3.77. The van der Waals surface area contributed by atoms with Crippen LogP contribution in [-0.2, 0) is 6.54 Å². The smallest absolute Gasteiger partial charge is 0.358 e. The van der Waals surface area contributed by atoms with Crippen molar-refractivity contribution in [3.63, 3.8) is 0 Å². The van der Waals surface area contributed by atoms with Gasteiger partial charge in [-0.3, -0.25) is 4.68 Å². The molecular formula is C10H15N5O2. The monoisotopic (exact) mass is 237 g/mol. The van der Waals surface area contributed by atoms with Crippen LogP contribution in [0.4, 0.5) is 0 Å². The van der Waals surface area contributed by atoms with E-state index in [1.54, 1.807) is 0 Å². The van der Waals surface area contributed by atoms with Crippen molar-refractivity contribution in [2.75, 3.05) is 20.1 Å². The maximum absolute atomic E-state index is 10.6. The van der Waals surface area contributed by atoms with Gasteiger partial charge in [0, 0.05) is 13.1 Å². The van der Waals surface area contributed by atoms with Crippen molar-refractivity contribution in [3.8, 4) is 6.07 Å². The van der Waals surface area contributed by atoms with Crippen molar-refractivity contribution >= 4 is 5.97 Å². The predicted molar refractivity (Wildman–Crippen MR) is 59.3 cm³/mol. The Morgan fingerprint density at radius 1 is 1.76 bits per heavy atom. The summed E-state index contributed by atoms with van der Waals surface area (Å²) in [5.74, 6) is -1.10. The Balaban J connectivity index is 2.39. The standard InChI is InChI=1S/C10H15N5O2/c1-8(5-11)6-14(2)3-4-15-7-9(10(16)17)12-13-15/h7-8H,3-4,6H2,1-2H3,(H,16,17). The van der Waals surface area contributed by atoms with E-state index in [9.17, 15) is 4.79 Å². The molecule has 1 aromatic heterocycles. The molecule has 0 amide bonds. The molecule has 0 saturated heterocycles. The molecule has 17 heavy (non-hydrogen) atoms. The second kappa shape index (κ2) is 5.96. The summed E-state index contributed by atoms with van der Waals surface area (Å²) in [6.07, 6.45) is 1.39. The van der Waals surface area contributed by atoms with E-state index in [0.29, 0.717) is 19.6 Å². The highest BCUT2D eigenvalue weighted by Crippen LogP contribution is 1.97. The van der Waals surface area contributed by atoms with Crippen LogP contribution >= 0.6 is 0 Å². The Labute approximate surface area is 99.3 Å². The fourth-order valence-electron chi connectivity index (χ4n) is 1.38. The second-order valence-corrected chi connectivity index (χ2v) is 3.96. The fraction of sp³-hybridized carbons (Fsp3) is 0.600. The molecule has 0 bridgehead atoms. The molecule has 1 N–H and O–H groups in total. The van der Waals surface area contributed by atoms with Crippen LogP contribution in [0.5, 0.6) is 0 Å². The van der Waals surface area contributed by atoms with E-state index in [2.05, 4.69) is 16.4 Å². The Hall–Kier alpha value is -1.94. The molecule has 1 heterocycles. The summed E-state index contributed by atoms with van der Waals surface area (Å²) in [5.41, 5.74) is -0.0574. The van der Waals surface area contributed by atoms with Crippen molar-refractivity contribution in [2.24, 2.45) is 5.92 Å². The third-order valence-corrected chi connectivity index (χ3v) is 2.27. The van der Waals surface area contributed by atoms with Crippen LogP contribution in [0.1, 0.15) is 17.4 Å². The van der Waals surface area contributed by atoms with Gasteiger partial charge in [-0.2, -0.15) is 5.26 Å². The molecule has 0 aliphatic rings. The summed E-state index contributed by atoms with van der Waals surface area (Å²) in [5, 5.41) is 24.5. The van der Waals surface area contributed by atoms with E-state index < -0.39 is 5.97 Å². The Morgan fingerprint density at radius 2 is 2.47 bits per heavy atom. The van der Waals surface area contributed by atoms with E-state index in [1.807, 2.05) is 18.9 Å². The number of likely N-dealkylation sites (N-methyl/N-ethyl adjacent to an activating group) is 1. The summed E-state index contributed by atoms with van der Waals surface area (Å²) in [4.78, 5) is 12.6. The number of nitriles is 1. The van der Waals surface area contributed by atoms with Crippen molar-refractivity contribution in [3.05, 3.63) is 11.9 Å². The highest BCUT2D eigenvalue weighted by Gasteiger charge is 2.09. The van der Waals surface area contributed by atoms with Gasteiger partial charge in [-0.05, 0) is 14.0 Å². The number of carboxylic acid groups (broad SMARTS) is 1. The third-order valence-electron chi connectivity index (χ3n) is 2.27. The molecule has 7 nitrogen and oxygen atoms in total. The topological polar surface area (TPSA) is 95.0 Å². The van der Waals surface area contributed by atoms with Gasteiger partial charge in [0.1, 0.15) is 0 Å². The molecule has 0 aliphatic heterocycles. The summed E-state index contributed by atoms with van der Waals surface area (Å²) >= 11 is 0. The number of nitrogens with zero attached hydrogens (tertiary/aromatic N) is 5. The van der Waals surface area contributed by atoms with E-state index in [4.69, 9.17) is 10.4 Å². The average molecular weight is 237 g/mol. The molecule has 0 fully saturated rings. The first-order chi connectivity index (χ1) is 8.02. The zero-order valence-electron chi connectivity index (χ0n) is 9.87. The first-order valence-corrected chi connectivity index (χ1v) is 5.24. The summed E-state index contributed by atoms with van der Waals surface area (Å²) in [6, 6.07) is 2.16. The van der Waals surface area contributed by atoms with Gasteiger partial charge in [0.05, 0.1) is 24.7 Å². The quantitative estimate of drug-likeness (QED) is 0.752. The molecule has 0 saturated carbocycles. The van der Waals surface area contributed by atoms with Gasteiger partial charge in [0.25, 0.3) is 0 Å². The van der Waals surface area contributed by atoms with Gasteiger partial charge >= 0.3 is 5.97 Å². The summed E-state index contributed by atoms with van der Waals surface area (Å²) in [7, 11) is 1.91. The molecule has 1 rings (SSSR count). The van der Waals surface area contributed by atoms with Gasteiger partial charge in [-0.25, -0.2) is 4.79 Å². The number of carbonyl (C=O) groups is 1. The minimum atomic E-state index is -1.08. The van der Waals surface area contributed by atoms with Gasteiger partial charge in [-0.15, -0.1) is 5.10 Å². The second-order valence-electron chi connectivity index (χ2n) is 3.96. The normalized spacial score (nSPS) is 12.4. The zero-order valence-corrected chi connectivity index (χ0v) is 9.87. The Morgan fingerprint density at radius 3 is 3.00 bits per heavy atom. The van der Waals surface area contributed by atoms with Crippen LogP contribution in [0.2, 0.25) is 0 Å². The van der Waals surface area contributed by atoms with Gasteiger partial charge in [0.2, 0.25) is 0 Å². The largest absolute Gasteiger partial charge is 0.476 e. The minimum Gasteiger partial charge on any atom is -0.476 e. The van der Waals surface area contributed by atoms with Crippen molar-refractivity contribution in [1.82, 2.24) is 19.9 Å². The number of aromatic nitrogens is 3. The first kappa shape index (κ1) is 13.1. The van der Waals surface area contributed by atoms with Crippen LogP contribution in [0.3, 0.4) is 0 Å². The molecule has 1 unspecified atom stereocenters. The molecule has 92 valence electrons. The number of hydrogen-bond donors (Lipinski definition) is 1. The minimum absolute atomic E-state index is 0.0228. The lowest BCUT2D eigenvalue weighted by Gasteiger charge is -2.17. The van der Waals surface area contributed by atoms with E-state index in [1.165, 1.54) is 10.9 Å². The molecule has 1 atom stereocenters. The van der Waals surface area contributed by atoms with Crippen LogP contribution in [0, 0.1) is 17.2 Å². The first-order valence-electron chi connectivity index (χ1n) is 5.24. The fourth-order valence-corrected chi connectivity index (χ4v) is 1.38. The lowest BCUT2D eigenvalue weighted by molar-refractivity contribution is 0.0690. The SMILES string of the molecule is CC(C#N)CN(C)CCn1cc(C(=O)O)nn1. The number of rotatable bonds is 6. The lowest BCUT2D eigenvalue weighted by Crippen LogP contribution is -2.27.